The van der Waals surface area contributed by atoms with Gasteiger partial charge >= 0.3 is 0 Å². The Labute approximate surface area is 152 Å². The number of hydrogen-bond donors (Lipinski definition) is 2. The number of carbonyl (C=O) groups excluding carboxylic acids is 2. The predicted molar refractivity (Wildman–Crippen MR) is 97.5 cm³/mol. The van der Waals surface area contributed by atoms with Crippen LogP contribution >= 0.6 is 0 Å². The predicted octanol–water partition coefficient (Wildman–Crippen LogP) is 1.53. The van der Waals surface area contributed by atoms with Crippen molar-refractivity contribution in [1.29, 1.82) is 0 Å². The van der Waals surface area contributed by atoms with Crippen LogP contribution in [0.3, 0.4) is 0 Å². The van der Waals surface area contributed by atoms with Gasteiger partial charge in [-0.05, 0) is 49.6 Å². The highest BCUT2D eigenvalue weighted by Crippen LogP contribution is 2.23. The number of primary amides is 1. The van der Waals surface area contributed by atoms with Crippen molar-refractivity contribution in [2.24, 2.45) is 5.73 Å². The van der Waals surface area contributed by atoms with Gasteiger partial charge in [-0.25, -0.2) is 0 Å². The smallest absolute Gasteiger partial charge is 0.270 e. The lowest BCUT2D eigenvalue weighted by Crippen LogP contribution is -2.45. The molecule has 1 aliphatic heterocycles. The first kappa shape index (κ1) is 18.0. The van der Waals surface area contributed by atoms with Gasteiger partial charge in [-0.1, -0.05) is 0 Å². The topological polar surface area (TPSA) is 101 Å². The fourth-order valence-electron chi connectivity index (χ4n) is 3.22. The molecule has 7 nitrogen and oxygen atoms in total. The van der Waals surface area contributed by atoms with Crippen molar-refractivity contribution in [2.75, 3.05) is 13.1 Å². The van der Waals surface area contributed by atoms with Crippen molar-refractivity contribution in [1.82, 2.24) is 20.2 Å². The fourth-order valence-corrected chi connectivity index (χ4v) is 3.22. The molecule has 3 rings (SSSR count). The Kier molecular flexibility index (Phi) is 5.58. The van der Waals surface area contributed by atoms with Crippen LogP contribution in [-0.2, 0) is 0 Å². The van der Waals surface area contributed by atoms with Crippen LogP contribution in [0.4, 0.5) is 0 Å². The quantitative estimate of drug-likeness (QED) is 0.849. The van der Waals surface area contributed by atoms with Crippen LogP contribution in [0, 0.1) is 0 Å². The van der Waals surface area contributed by atoms with E-state index in [1.807, 2.05) is 24.5 Å². The highest BCUT2D eigenvalue weighted by atomic mass is 16.2. The van der Waals surface area contributed by atoms with Crippen LogP contribution in [0.2, 0.25) is 0 Å². The van der Waals surface area contributed by atoms with E-state index in [1.165, 1.54) is 23.9 Å². The average Bonchev–Trinajstić information content (AvgIpc) is 2.68. The van der Waals surface area contributed by atoms with E-state index in [9.17, 15) is 9.59 Å². The molecular formula is C19H23N5O2. The molecule has 1 atom stereocenters. The number of hydrogen-bond acceptors (Lipinski definition) is 5. The molecule has 0 spiro atoms. The molecule has 2 aromatic heterocycles. The second kappa shape index (κ2) is 8.05. The summed E-state index contributed by atoms with van der Waals surface area (Å²) in [5, 5.41) is 3.03. The minimum atomic E-state index is -0.555. The van der Waals surface area contributed by atoms with Gasteiger partial charge < -0.3 is 11.1 Å². The number of nitrogens with two attached hydrogens (primary N) is 1. The van der Waals surface area contributed by atoms with Gasteiger partial charge in [0.1, 0.15) is 5.69 Å². The Bertz CT molecular complexity index is 755. The van der Waals surface area contributed by atoms with E-state index >= 15 is 0 Å². The van der Waals surface area contributed by atoms with Crippen LogP contribution < -0.4 is 11.1 Å². The highest BCUT2D eigenvalue weighted by molar-refractivity contribution is 5.95. The molecule has 0 saturated carbocycles. The average molecular weight is 353 g/mol. The third-order valence-corrected chi connectivity index (χ3v) is 4.88. The zero-order chi connectivity index (χ0) is 18.5. The van der Waals surface area contributed by atoms with Crippen molar-refractivity contribution < 1.29 is 9.59 Å². The minimum absolute atomic E-state index is 0.126. The number of aromatic nitrogens is 2. The largest absolute Gasteiger partial charge is 0.366 e. The highest BCUT2D eigenvalue weighted by Gasteiger charge is 2.25. The van der Waals surface area contributed by atoms with E-state index in [0.29, 0.717) is 17.3 Å². The van der Waals surface area contributed by atoms with E-state index in [-0.39, 0.29) is 11.9 Å². The summed E-state index contributed by atoms with van der Waals surface area (Å²) in [6, 6.07) is 7.58. The van der Waals surface area contributed by atoms with Gasteiger partial charge in [0.15, 0.2) is 0 Å². The van der Waals surface area contributed by atoms with Gasteiger partial charge in [0, 0.05) is 43.8 Å². The Morgan fingerprint density at radius 3 is 2.46 bits per heavy atom. The lowest BCUT2D eigenvalue weighted by atomic mass is 10.0. The Morgan fingerprint density at radius 2 is 1.88 bits per heavy atom. The summed E-state index contributed by atoms with van der Waals surface area (Å²) < 4.78 is 0. The van der Waals surface area contributed by atoms with Crippen molar-refractivity contribution in [2.45, 2.75) is 31.8 Å². The van der Waals surface area contributed by atoms with Gasteiger partial charge in [0.05, 0.1) is 5.56 Å². The normalized spacial score (nSPS) is 16.8. The molecule has 0 aromatic carbocycles. The molecule has 136 valence electrons. The monoisotopic (exact) mass is 353 g/mol. The molecule has 1 fully saturated rings. The SMILES string of the molecule is CC(c1ccncc1)N1CCC(NC(=O)c2ccc(C(N)=O)cn2)CC1. The molecule has 26 heavy (non-hydrogen) atoms. The number of carbonyl (C=O) groups is 2. The standard InChI is InChI=1S/C19H23N5O2/c1-13(14-4-8-21-9-5-14)24-10-6-16(7-11-24)23-19(26)17-3-2-15(12-22-17)18(20)25/h2-5,8-9,12-13,16H,6-7,10-11H2,1H3,(H2,20,25)(H,23,26). The molecule has 0 radical (unpaired) electrons. The van der Waals surface area contributed by atoms with Crippen LogP contribution in [0.15, 0.2) is 42.9 Å². The van der Waals surface area contributed by atoms with Gasteiger partial charge in [0.2, 0.25) is 5.91 Å². The lowest BCUT2D eigenvalue weighted by molar-refractivity contribution is 0.0889. The van der Waals surface area contributed by atoms with E-state index in [2.05, 4.69) is 27.1 Å². The summed E-state index contributed by atoms with van der Waals surface area (Å²) in [4.78, 5) is 33.9. The molecule has 0 aliphatic carbocycles. The molecular weight excluding hydrogens is 330 g/mol. The van der Waals surface area contributed by atoms with Gasteiger partial charge in [0.25, 0.3) is 5.91 Å². The van der Waals surface area contributed by atoms with Crippen molar-refractivity contribution in [3.05, 3.63) is 59.7 Å². The number of rotatable bonds is 5. The molecule has 2 aromatic rings. The second-order valence-corrected chi connectivity index (χ2v) is 6.54. The molecule has 1 unspecified atom stereocenters. The molecule has 7 heteroatoms. The number of amides is 2. The van der Waals surface area contributed by atoms with E-state index in [1.54, 1.807) is 0 Å². The summed E-state index contributed by atoms with van der Waals surface area (Å²) in [5.74, 6) is -0.776. The number of pyridine rings is 2. The molecule has 1 aliphatic rings. The first-order chi connectivity index (χ1) is 12.5. The molecule has 0 bridgehead atoms. The lowest BCUT2D eigenvalue weighted by Gasteiger charge is -2.36. The van der Waals surface area contributed by atoms with Gasteiger partial charge in [-0.15, -0.1) is 0 Å². The summed E-state index contributed by atoms with van der Waals surface area (Å²) in [7, 11) is 0. The van der Waals surface area contributed by atoms with E-state index < -0.39 is 5.91 Å². The molecule has 3 heterocycles. The summed E-state index contributed by atoms with van der Waals surface area (Å²) >= 11 is 0. The van der Waals surface area contributed by atoms with Gasteiger partial charge in [-0.2, -0.15) is 0 Å². The summed E-state index contributed by atoms with van der Waals surface area (Å²) in [5.41, 5.74) is 7.02. The number of likely N-dealkylation sites (tertiary alicyclic amines) is 1. The number of piperidine rings is 1. The Morgan fingerprint density at radius 1 is 1.19 bits per heavy atom. The third-order valence-electron chi connectivity index (χ3n) is 4.88. The first-order valence-corrected chi connectivity index (χ1v) is 8.75. The minimum Gasteiger partial charge on any atom is -0.366 e. The summed E-state index contributed by atoms with van der Waals surface area (Å²) in [6.45, 7) is 4.03. The van der Waals surface area contributed by atoms with Crippen molar-refractivity contribution in [3.63, 3.8) is 0 Å². The zero-order valence-corrected chi connectivity index (χ0v) is 14.8. The third kappa shape index (κ3) is 4.23. The Hall–Kier alpha value is -2.80. The van der Waals surface area contributed by atoms with Crippen molar-refractivity contribution >= 4 is 11.8 Å². The fraction of sp³-hybridized carbons (Fsp3) is 0.368. The molecule has 3 N–H and O–H groups in total. The molecule has 1 saturated heterocycles. The van der Waals surface area contributed by atoms with Crippen molar-refractivity contribution in [3.8, 4) is 0 Å². The van der Waals surface area contributed by atoms with Gasteiger partial charge in [-0.3, -0.25) is 24.5 Å². The van der Waals surface area contributed by atoms with E-state index in [0.717, 1.165) is 25.9 Å². The number of nitrogens with one attached hydrogen (secondary N) is 1. The van der Waals surface area contributed by atoms with Crippen LogP contribution in [0.5, 0.6) is 0 Å². The van der Waals surface area contributed by atoms with Crippen LogP contribution in [0.25, 0.3) is 0 Å². The number of nitrogens with zero attached hydrogens (tertiary/aromatic N) is 3. The molecule has 2 amide bonds. The second-order valence-electron chi connectivity index (χ2n) is 6.54. The zero-order valence-electron chi connectivity index (χ0n) is 14.8. The summed E-state index contributed by atoms with van der Waals surface area (Å²) in [6.07, 6.45) is 6.74. The van der Waals surface area contributed by atoms with E-state index in [4.69, 9.17) is 5.73 Å². The first-order valence-electron chi connectivity index (χ1n) is 8.75. The maximum Gasteiger partial charge on any atom is 0.270 e. The maximum atomic E-state index is 12.3. The van der Waals surface area contributed by atoms with Crippen LogP contribution in [0.1, 0.15) is 52.2 Å². The van der Waals surface area contributed by atoms with Crippen LogP contribution in [-0.4, -0.2) is 45.8 Å². The Balaban J connectivity index is 1.52. The maximum absolute atomic E-state index is 12.3.